The largest absolute Gasteiger partial charge is 0.389 e. The van der Waals surface area contributed by atoms with E-state index in [-0.39, 0.29) is 0 Å². The zero-order chi connectivity index (χ0) is 6.41. The molecule has 0 aliphatic carbocycles. The molecule has 0 radical (unpaired) electrons. The highest BCUT2D eigenvalue weighted by Gasteiger charge is 1.80. The molecular formula is C6H11NO. The molecule has 0 amide bonds. The Hall–Kier alpha value is -0.790. The second-order valence-electron chi connectivity index (χ2n) is 1.82. The van der Waals surface area contributed by atoms with Crippen molar-refractivity contribution in [2.75, 3.05) is 0 Å². The average molecular weight is 113 g/mol. The molecule has 0 rings (SSSR count). The summed E-state index contributed by atoms with van der Waals surface area (Å²) >= 11 is 0. The number of hydrogen-bond acceptors (Lipinski definition) is 2. The highest BCUT2D eigenvalue weighted by atomic mass is 16.1. The van der Waals surface area contributed by atoms with Crippen LogP contribution in [-0.2, 0) is 4.79 Å². The molecule has 0 fully saturated rings. The van der Waals surface area contributed by atoms with Gasteiger partial charge in [0.1, 0.15) is 6.29 Å². The number of rotatable bonds is 3. The lowest BCUT2D eigenvalue weighted by Gasteiger charge is -2.00. The summed E-state index contributed by atoms with van der Waals surface area (Å²) in [6.07, 6.45) is 3.81. The van der Waals surface area contributed by atoms with E-state index in [4.69, 9.17) is 0 Å². The Labute approximate surface area is 49.6 Å². The topological polar surface area (TPSA) is 29.1 Å². The molecule has 0 atom stereocenters. The van der Waals surface area contributed by atoms with Gasteiger partial charge in [-0.05, 0) is 26.1 Å². The van der Waals surface area contributed by atoms with Crippen LogP contribution in [0.25, 0.3) is 0 Å². The van der Waals surface area contributed by atoms with E-state index in [1.54, 1.807) is 6.20 Å². The van der Waals surface area contributed by atoms with Crippen LogP contribution in [0.2, 0.25) is 0 Å². The van der Waals surface area contributed by atoms with Gasteiger partial charge < -0.3 is 5.32 Å². The number of aldehydes is 1. The minimum absolute atomic E-state index is 0.409. The highest BCUT2D eigenvalue weighted by molar-refractivity contribution is 5.64. The Morgan fingerprint density at radius 2 is 2.12 bits per heavy atom. The summed E-state index contributed by atoms with van der Waals surface area (Å²) in [7, 11) is 0. The molecule has 0 aromatic rings. The van der Waals surface area contributed by atoms with Crippen LogP contribution in [0.3, 0.4) is 0 Å². The summed E-state index contributed by atoms with van der Waals surface area (Å²) < 4.78 is 0. The van der Waals surface area contributed by atoms with Crippen molar-refractivity contribution in [3.63, 3.8) is 0 Å². The summed E-state index contributed by atoms with van der Waals surface area (Å²) in [5, 5.41) is 2.93. The van der Waals surface area contributed by atoms with Crippen molar-refractivity contribution >= 4 is 6.29 Å². The molecule has 2 heteroatoms. The van der Waals surface area contributed by atoms with Crippen LogP contribution < -0.4 is 5.32 Å². The quantitative estimate of drug-likeness (QED) is 0.431. The Morgan fingerprint density at radius 1 is 1.50 bits per heavy atom. The number of hydrogen-bond donors (Lipinski definition) is 1. The first-order chi connectivity index (χ1) is 3.77. The molecule has 0 saturated carbocycles. The van der Waals surface area contributed by atoms with Crippen LogP contribution >= 0.6 is 0 Å². The van der Waals surface area contributed by atoms with Crippen LogP contribution in [0.4, 0.5) is 0 Å². The van der Waals surface area contributed by atoms with Gasteiger partial charge in [0.15, 0.2) is 0 Å². The lowest BCUT2D eigenvalue weighted by atomic mass is 10.4. The third-order valence-corrected chi connectivity index (χ3v) is 0.604. The van der Waals surface area contributed by atoms with Gasteiger partial charge in [-0.15, -0.1) is 0 Å². The minimum atomic E-state index is 0.409. The monoisotopic (exact) mass is 113 g/mol. The summed E-state index contributed by atoms with van der Waals surface area (Å²) in [5.74, 6) is 0. The van der Waals surface area contributed by atoms with E-state index in [1.165, 1.54) is 6.08 Å². The van der Waals surface area contributed by atoms with E-state index >= 15 is 0 Å². The summed E-state index contributed by atoms with van der Waals surface area (Å²) in [4.78, 5) is 9.66. The Kier molecular flexibility index (Phi) is 3.94. The van der Waals surface area contributed by atoms with Gasteiger partial charge in [0.25, 0.3) is 0 Å². The van der Waals surface area contributed by atoms with Gasteiger partial charge in [-0.25, -0.2) is 0 Å². The SMILES string of the molecule is CC(C)N/C=C\C=O. The van der Waals surface area contributed by atoms with E-state index in [0.717, 1.165) is 6.29 Å². The van der Waals surface area contributed by atoms with Crippen LogP contribution in [-0.4, -0.2) is 12.3 Å². The highest BCUT2D eigenvalue weighted by Crippen LogP contribution is 1.73. The summed E-state index contributed by atoms with van der Waals surface area (Å²) in [5.41, 5.74) is 0. The number of carbonyl (C=O) groups is 1. The maximum Gasteiger partial charge on any atom is 0.144 e. The van der Waals surface area contributed by atoms with E-state index in [1.807, 2.05) is 13.8 Å². The van der Waals surface area contributed by atoms with Gasteiger partial charge in [0.2, 0.25) is 0 Å². The van der Waals surface area contributed by atoms with Crippen molar-refractivity contribution in [3.8, 4) is 0 Å². The molecule has 0 aliphatic heterocycles. The second kappa shape index (κ2) is 4.37. The van der Waals surface area contributed by atoms with Crippen molar-refractivity contribution < 1.29 is 4.79 Å². The summed E-state index contributed by atoms with van der Waals surface area (Å²) in [6.45, 7) is 4.02. The Morgan fingerprint density at radius 3 is 2.50 bits per heavy atom. The van der Waals surface area contributed by atoms with Gasteiger partial charge in [-0.2, -0.15) is 0 Å². The third-order valence-electron chi connectivity index (χ3n) is 0.604. The van der Waals surface area contributed by atoms with Gasteiger partial charge in [0.05, 0.1) is 0 Å². The molecule has 0 aromatic heterocycles. The van der Waals surface area contributed by atoms with E-state index in [2.05, 4.69) is 5.32 Å². The van der Waals surface area contributed by atoms with Gasteiger partial charge in [0, 0.05) is 6.04 Å². The molecule has 1 N–H and O–H groups in total. The summed E-state index contributed by atoms with van der Waals surface area (Å²) in [6, 6.07) is 0.409. The number of nitrogens with one attached hydrogen (secondary N) is 1. The number of allylic oxidation sites excluding steroid dienone is 1. The van der Waals surface area contributed by atoms with E-state index < -0.39 is 0 Å². The molecule has 0 unspecified atom stereocenters. The van der Waals surface area contributed by atoms with Crippen molar-refractivity contribution in [3.05, 3.63) is 12.3 Å². The molecule has 0 heterocycles. The first kappa shape index (κ1) is 7.21. The Balaban J connectivity index is 3.15. The lowest BCUT2D eigenvalue weighted by Crippen LogP contribution is -2.14. The predicted molar refractivity (Wildman–Crippen MR) is 33.5 cm³/mol. The molecule has 8 heavy (non-hydrogen) atoms. The van der Waals surface area contributed by atoms with Crippen LogP contribution in [0, 0.1) is 0 Å². The zero-order valence-electron chi connectivity index (χ0n) is 5.22. The van der Waals surface area contributed by atoms with Crippen LogP contribution in [0.5, 0.6) is 0 Å². The third kappa shape index (κ3) is 5.21. The van der Waals surface area contributed by atoms with Gasteiger partial charge in [-0.1, -0.05) is 0 Å². The smallest absolute Gasteiger partial charge is 0.144 e. The van der Waals surface area contributed by atoms with Crippen molar-refractivity contribution in [2.24, 2.45) is 0 Å². The fourth-order valence-corrected chi connectivity index (χ4v) is 0.287. The minimum Gasteiger partial charge on any atom is -0.389 e. The fraction of sp³-hybridized carbons (Fsp3) is 0.500. The molecule has 0 aromatic carbocycles. The van der Waals surface area contributed by atoms with E-state index in [0.29, 0.717) is 6.04 Å². The molecule has 2 nitrogen and oxygen atoms in total. The maximum absolute atomic E-state index is 9.66. The van der Waals surface area contributed by atoms with Crippen molar-refractivity contribution in [2.45, 2.75) is 19.9 Å². The van der Waals surface area contributed by atoms with Crippen LogP contribution in [0.15, 0.2) is 12.3 Å². The van der Waals surface area contributed by atoms with E-state index in [9.17, 15) is 4.79 Å². The van der Waals surface area contributed by atoms with Crippen LogP contribution in [0.1, 0.15) is 13.8 Å². The molecule has 0 spiro atoms. The first-order valence-electron chi connectivity index (χ1n) is 2.63. The standard InChI is InChI=1S/C6H11NO/c1-6(2)7-4-3-5-8/h3-7H,1-2H3/b4-3-. The zero-order valence-corrected chi connectivity index (χ0v) is 5.22. The predicted octanol–water partition coefficient (Wildman–Crippen LogP) is 0.697. The Bertz CT molecular complexity index is 86.5. The fourth-order valence-electron chi connectivity index (χ4n) is 0.287. The normalized spacial score (nSPS) is 10.4. The second-order valence-corrected chi connectivity index (χ2v) is 1.82. The molecule has 0 bridgehead atoms. The van der Waals surface area contributed by atoms with Gasteiger partial charge in [-0.3, -0.25) is 4.79 Å². The average Bonchev–Trinajstić information content (AvgIpc) is 1.66. The molecule has 0 saturated heterocycles. The molecule has 0 aliphatic rings. The first-order valence-corrected chi connectivity index (χ1v) is 2.63. The molecular weight excluding hydrogens is 102 g/mol. The van der Waals surface area contributed by atoms with Crippen molar-refractivity contribution in [1.82, 2.24) is 5.32 Å². The van der Waals surface area contributed by atoms with Gasteiger partial charge >= 0.3 is 0 Å². The van der Waals surface area contributed by atoms with Crippen molar-refractivity contribution in [1.29, 1.82) is 0 Å². The number of carbonyl (C=O) groups excluding carboxylic acids is 1. The molecule has 46 valence electrons. The lowest BCUT2D eigenvalue weighted by molar-refractivity contribution is -0.104. The maximum atomic E-state index is 9.66.